The highest BCUT2D eigenvalue weighted by molar-refractivity contribution is 6.20. The lowest BCUT2D eigenvalue weighted by molar-refractivity contribution is 1.17. The standard InChI is InChI=1S/C64H41N3/c1-3-13-42(14-4-1)45-23-30-50(31-24-45)65-59-21-11-9-19-53(59)55-38-48(28-35-61(55)65)49-29-36-62-56(39-49)58-40-57-54-20-10-12-22-60(54)67(52-34-27-44-17-7-8-18-47(44)37-52)63(57)41-64(58)66(62)51-32-25-46(26-33-51)43-15-5-2-6-16-43/h1-41H. The van der Waals surface area contributed by atoms with Crippen LogP contribution >= 0.6 is 0 Å². The minimum atomic E-state index is 1.13. The average Bonchev–Trinajstić information content (AvgIpc) is 4.03. The fourth-order valence-electron chi connectivity index (χ4n) is 10.8. The Morgan fingerprint density at radius 1 is 0.179 bits per heavy atom. The van der Waals surface area contributed by atoms with E-state index in [0.29, 0.717) is 0 Å². The van der Waals surface area contributed by atoms with E-state index < -0.39 is 0 Å². The van der Waals surface area contributed by atoms with Crippen molar-refractivity contribution < 1.29 is 0 Å². The van der Waals surface area contributed by atoms with Crippen LogP contribution in [0.25, 0.3) is 127 Å². The minimum Gasteiger partial charge on any atom is -0.309 e. The van der Waals surface area contributed by atoms with Crippen molar-refractivity contribution in [1.82, 2.24) is 13.7 Å². The summed E-state index contributed by atoms with van der Waals surface area (Å²) in [5.74, 6) is 0. The maximum Gasteiger partial charge on any atom is 0.0562 e. The fourth-order valence-corrected chi connectivity index (χ4v) is 10.8. The van der Waals surface area contributed by atoms with E-state index in [1.54, 1.807) is 0 Å². The lowest BCUT2D eigenvalue weighted by Crippen LogP contribution is -1.96. The van der Waals surface area contributed by atoms with Gasteiger partial charge >= 0.3 is 0 Å². The van der Waals surface area contributed by atoms with Crippen LogP contribution in [0.15, 0.2) is 249 Å². The molecule has 67 heavy (non-hydrogen) atoms. The molecule has 0 aliphatic heterocycles. The summed E-state index contributed by atoms with van der Waals surface area (Å²) < 4.78 is 7.32. The zero-order valence-electron chi connectivity index (χ0n) is 36.5. The number of hydrogen-bond acceptors (Lipinski definition) is 0. The molecule has 0 radical (unpaired) electrons. The summed E-state index contributed by atoms with van der Waals surface area (Å²) >= 11 is 0. The second-order valence-corrected chi connectivity index (χ2v) is 17.7. The predicted octanol–water partition coefficient (Wildman–Crippen LogP) is 17.1. The van der Waals surface area contributed by atoms with Crippen molar-refractivity contribution in [2.75, 3.05) is 0 Å². The van der Waals surface area contributed by atoms with Crippen LogP contribution in [0, 0.1) is 0 Å². The van der Waals surface area contributed by atoms with Gasteiger partial charge in [-0.2, -0.15) is 0 Å². The number of hydrogen-bond donors (Lipinski definition) is 0. The van der Waals surface area contributed by atoms with Gasteiger partial charge in [0.15, 0.2) is 0 Å². The van der Waals surface area contributed by atoms with Crippen LogP contribution in [0.3, 0.4) is 0 Å². The molecule has 0 amide bonds. The first-order valence-corrected chi connectivity index (χ1v) is 23.1. The Morgan fingerprint density at radius 3 is 1.12 bits per heavy atom. The van der Waals surface area contributed by atoms with E-state index in [1.807, 2.05) is 0 Å². The Hall–Kier alpha value is -8.92. The third kappa shape index (κ3) is 5.92. The van der Waals surface area contributed by atoms with Gasteiger partial charge in [0.1, 0.15) is 0 Å². The van der Waals surface area contributed by atoms with Gasteiger partial charge in [0.25, 0.3) is 0 Å². The average molecular weight is 852 g/mol. The van der Waals surface area contributed by atoms with E-state index in [4.69, 9.17) is 0 Å². The van der Waals surface area contributed by atoms with Crippen molar-refractivity contribution in [3.8, 4) is 50.4 Å². The maximum absolute atomic E-state index is 2.46. The summed E-state index contributed by atoms with van der Waals surface area (Å²) in [5, 5.41) is 9.90. The quantitative estimate of drug-likeness (QED) is 0.158. The molecule has 0 aliphatic carbocycles. The summed E-state index contributed by atoms with van der Waals surface area (Å²) in [7, 11) is 0. The highest BCUT2D eigenvalue weighted by atomic mass is 15.0. The molecule has 3 heteroatoms. The first kappa shape index (κ1) is 37.5. The second-order valence-electron chi connectivity index (χ2n) is 17.7. The van der Waals surface area contributed by atoms with Gasteiger partial charge in [0, 0.05) is 49.4 Å². The van der Waals surface area contributed by atoms with Crippen LogP contribution in [0.5, 0.6) is 0 Å². The smallest absolute Gasteiger partial charge is 0.0562 e. The van der Waals surface area contributed by atoms with Gasteiger partial charge in [-0.15, -0.1) is 0 Å². The van der Waals surface area contributed by atoms with E-state index in [2.05, 4.69) is 262 Å². The zero-order chi connectivity index (χ0) is 44.0. The fraction of sp³-hybridized carbons (Fsp3) is 0. The molecule has 0 saturated carbocycles. The number of aromatic nitrogens is 3. The van der Waals surface area contributed by atoms with Gasteiger partial charge < -0.3 is 13.7 Å². The molecule has 0 spiro atoms. The van der Waals surface area contributed by atoms with Crippen molar-refractivity contribution in [3.63, 3.8) is 0 Å². The first-order valence-electron chi connectivity index (χ1n) is 23.1. The zero-order valence-corrected chi connectivity index (χ0v) is 36.5. The third-order valence-corrected chi connectivity index (χ3v) is 14.0. The minimum absolute atomic E-state index is 1.13. The molecule has 0 aliphatic rings. The van der Waals surface area contributed by atoms with Crippen LogP contribution < -0.4 is 0 Å². The van der Waals surface area contributed by atoms with Gasteiger partial charge in [-0.05, 0) is 129 Å². The molecule has 0 N–H and O–H groups in total. The molecule has 3 aromatic heterocycles. The van der Waals surface area contributed by atoms with Crippen molar-refractivity contribution in [3.05, 3.63) is 249 Å². The van der Waals surface area contributed by atoms with Crippen LogP contribution in [-0.4, -0.2) is 13.7 Å². The third-order valence-electron chi connectivity index (χ3n) is 14.0. The van der Waals surface area contributed by atoms with Crippen LogP contribution in [0.1, 0.15) is 0 Å². The summed E-state index contributed by atoms with van der Waals surface area (Å²) in [4.78, 5) is 0. The van der Waals surface area contributed by atoms with Gasteiger partial charge in [-0.25, -0.2) is 0 Å². The Labute approximate surface area is 387 Å². The first-order chi connectivity index (χ1) is 33.2. The molecule has 3 nitrogen and oxygen atoms in total. The molecule has 3 heterocycles. The number of fused-ring (bicyclic) bond motifs is 10. The van der Waals surface area contributed by atoms with Gasteiger partial charge in [0.2, 0.25) is 0 Å². The Balaban J connectivity index is 0.972. The van der Waals surface area contributed by atoms with Crippen molar-refractivity contribution in [2.24, 2.45) is 0 Å². The van der Waals surface area contributed by atoms with E-state index in [0.717, 1.165) is 17.1 Å². The summed E-state index contributed by atoms with van der Waals surface area (Å²) in [6, 6.07) is 91.3. The van der Waals surface area contributed by atoms with E-state index in [1.165, 1.54) is 110 Å². The van der Waals surface area contributed by atoms with Gasteiger partial charge in [0.05, 0.1) is 33.1 Å². The summed E-state index contributed by atoms with van der Waals surface area (Å²) in [6.07, 6.45) is 0. The Bertz CT molecular complexity index is 4230. The van der Waals surface area contributed by atoms with Gasteiger partial charge in [-0.1, -0.05) is 164 Å². The van der Waals surface area contributed by atoms with Crippen LogP contribution in [0.4, 0.5) is 0 Å². The molecule has 14 aromatic rings. The Morgan fingerprint density at radius 2 is 0.552 bits per heavy atom. The number of para-hydroxylation sites is 2. The second kappa shape index (κ2) is 14.8. The van der Waals surface area contributed by atoms with Gasteiger partial charge in [-0.3, -0.25) is 0 Å². The van der Waals surface area contributed by atoms with E-state index in [9.17, 15) is 0 Å². The molecule has 0 unspecified atom stereocenters. The molecule has 0 saturated heterocycles. The molecule has 312 valence electrons. The molecule has 11 aromatic carbocycles. The van der Waals surface area contributed by atoms with Crippen LogP contribution in [-0.2, 0) is 0 Å². The van der Waals surface area contributed by atoms with Crippen molar-refractivity contribution in [2.45, 2.75) is 0 Å². The molecular formula is C64H41N3. The Kier molecular flexibility index (Phi) is 8.28. The van der Waals surface area contributed by atoms with E-state index >= 15 is 0 Å². The molecular weight excluding hydrogens is 811 g/mol. The lowest BCUT2D eigenvalue weighted by Gasteiger charge is -2.12. The highest BCUT2D eigenvalue weighted by Gasteiger charge is 2.20. The lowest BCUT2D eigenvalue weighted by atomic mass is 10.00. The summed E-state index contributed by atoms with van der Waals surface area (Å²) in [5.41, 5.74) is 17.8. The molecule has 14 rings (SSSR count). The summed E-state index contributed by atoms with van der Waals surface area (Å²) in [6.45, 7) is 0. The van der Waals surface area contributed by atoms with Crippen LogP contribution in [0.2, 0.25) is 0 Å². The largest absolute Gasteiger partial charge is 0.309 e. The monoisotopic (exact) mass is 851 g/mol. The predicted molar refractivity (Wildman–Crippen MR) is 283 cm³/mol. The maximum atomic E-state index is 2.46. The molecule has 0 fully saturated rings. The number of nitrogens with zero attached hydrogens (tertiary/aromatic N) is 3. The molecule has 0 bridgehead atoms. The van der Waals surface area contributed by atoms with Crippen molar-refractivity contribution in [1.29, 1.82) is 0 Å². The van der Waals surface area contributed by atoms with E-state index in [-0.39, 0.29) is 0 Å². The van der Waals surface area contributed by atoms with Crippen molar-refractivity contribution >= 4 is 76.2 Å². The number of rotatable bonds is 6. The topological polar surface area (TPSA) is 14.8 Å². The number of benzene rings is 11. The highest BCUT2D eigenvalue weighted by Crippen LogP contribution is 2.42. The molecule has 0 atom stereocenters. The normalized spacial score (nSPS) is 11.9. The SMILES string of the molecule is c1ccc(-c2ccc(-n3c4ccccc4c4cc(-c5ccc6c(c5)c5cc7c8ccccc8n(-c8ccc9ccccc9c8)c7cc5n6-c5ccc(-c6ccccc6)cc5)ccc43)cc2)cc1.